The summed E-state index contributed by atoms with van der Waals surface area (Å²) in [5.41, 5.74) is 0. The van der Waals surface area contributed by atoms with E-state index < -0.39 is 12.1 Å². The quantitative estimate of drug-likeness (QED) is 0.0320. The SMILES string of the molecule is CCCCCCCCC/C=C\CCCCCCCC(=O)OCCCCCCCCCCCCCC/C=C\CCCCCCCCCCCCCC(=O)NC(CO)C(O)CCCCCCCCCCCCCCCCCCCCCCCCCCC. The zero-order chi connectivity index (χ0) is 61.3. The molecule has 0 heterocycles. The van der Waals surface area contributed by atoms with E-state index in [-0.39, 0.29) is 18.5 Å². The number of allylic oxidation sites excluding steroid dienone is 4. The zero-order valence-corrected chi connectivity index (χ0v) is 57.9. The molecule has 0 aliphatic heterocycles. The van der Waals surface area contributed by atoms with E-state index in [2.05, 4.69) is 43.5 Å². The fraction of sp³-hybridized carbons (Fsp3) is 0.924. The second-order valence-corrected chi connectivity index (χ2v) is 27.0. The van der Waals surface area contributed by atoms with Crippen molar-refractivity contribution in [3.63, 3.8) is 0 Å². The molecule has 0 rings (SSSR count). The molecule has 0 aliphatic carbocycles. The number of aliphatic hydroxyl groups excluding tert-OH is 2. The molecule has 504 valence electrons. The normalized spacial score (nSPS) is 12.6. The Labute approximate surface area is 532 Å². The van der Waals surface area contributed by atoms with Crippen molar-refractivity contribution in [2.75, 3.05) is 13.2 Å². The Hall–Kier alpha value is -1.66. The predicted octanol–water partition coefficient (Wildman–Crippen LogP) is 25.7. The summed E-state index contributed by atoms with van der Waals surface area (Å²) in [5, 5.41) is 23.5. The molecule has 0 spiro atoms. The van der Waals surface area contributed by atoms with Crippen LogP contribution in [0.25, 0.3) is 0 Å². The highest BCUT2D eigenvalue weighted by Gasteiger charge is 2.20. The van der Waals surface area contributed by atoms with Gasteiger partial charge in [-0.25, -0.2) is 0 Å². The predicted molar refractivity (Wildman–Crippen MR) is 375 cm³/mol. The molecule has 6 heteroatoms. The van der Waals surface area contributed by atoms with E-state index in [0.717, 1.165) is 44.9 Å². The van der Waals surface area contributed by atoms with Crippen molar-refractivity contribution in [3.05, 3.63) is 24.3 Å². The monoisotopic (exact) mass is 1200 g/mol. The van der Waals surface area contributed by atoms with Gasteiger partial charge < -0.3 is 20.3 Å². The molecule has 2 atom stereocenters. The Morgan fingerprint density at radius 2 is 0.553 bits per heavy atom. The topological polar surface area (TPSA) is 95.9 Å². The average molecular weight is 1200 g/mol. The zero-order valence-electron chi connectivity index (χ0n) is 57.9. The number of unbranched alkanes of at least 4 members (excludes halogenated alkanes) is 59. The van der Waals surface area contributed by atoms with Crippen LogP contribution in [-0.4, -0.2) is 47.4 Å². The molecular weight excluding hydrogens is 1040 g/mol. The van der Waals surface area contributed by atoms with Gasteiger partial charge in [0.25, 0.3) is 0 Å². The van der Waals surface area contributed by atoms with Gasteiger partial charge in [0.2, 0.25) is 5.91 Å². The minimum absolute atomic E-state index is 0.00889. The van der Waals surface area contributed by atoms with Crippen LogP contribution >= 0.6 is 0 Å². The van der Waals surface area contributed by atoms with Crippen molar-refractivity contribution in [3.8, 4) is 0 Å². The molecule has 0 fully saturated rings. The first-order valence-corrected chi connectivity index (χ1v) is 39.1. The van der Waals surface area contributed by atoms with E-state index >= 15 is 0 Å². The lowest BCUT2D eigenvalue weighted by atomic mass is 10.0. The Balaban J connectivity index is 3.38. The van der Waals surface area contributed by atoms with Gasteiger partial charge in [-0.1, -0.05) is 378 Å². The number of ether oxygens (including phenoxy) is 1. The van der Waals surface area contributed by atoms with E-state index in [9.17, 15) is 19.8 Å². The van der Waals surface area contributed by atoms with E-state index in [0.29, 0.717) is 25.9 Å². The number of amides is 1. The number of esters is 1. The van der Waals surface area contributed by atoms with Gasteiger partial charge in [0, 0.05) is 12.8 Å². The minimum Gasteiger partial charge on any atom is -0.466 e. The molecule has 3 N–H and O–H groups in total. The molecule has 0 radical (unpaired) electrons. The number of hydrogen-bond donors (Lipinski definition) is 3. The summed E-state index contributed by atoms with van der Waals surface area (Å²) in [4.78, 5) is 24.7. The third-order valence-electron chi connectivity index (χ3n) is 18.5. The van der Waals surface area contributed by atoms with Crippen LogP contribution in [0.1, 0.15) is 444 Å². The molecule has 0 aromatic carbocycles. The molecule has 0 aromatic heterocycles. The molecule has 0 aromatic rings. The first-order chi connectivity index (χ1) is 42.0. The lowest BCUT2D eigenvalue weighted by molar-refractivity contribution is -0.143. The second kappa shape index (κ2) is 74.8. The average Bonchev–Trinajstić information content (AvgIpc) is 3.51. The van der Waals surface area contributed by atoms with Crippen LogP contribution in [0.4, 0.5) is 0 Å². The molecular formula is C79H153NO5. The van der Waals surface area contributed by atoms with Gasteiger partial charge in [0.15, 0.2) is 0 Å². The third-order valence-corrected chi connectivity index (χ3v) is 18.5. The number of rotatable bonds is 74. The van der Waals surface area contributed by atoms with Gasteiger partial charge in [-0.2, -0.15) is 0 Å². The lowest BCUT2D eigenvalue weighted by Gasteiger charge is -2.22. The van der Waals surface area contributed by atoms with Crippen molar-refractivity contribution < 1.29 is 24.5 Å². The van der Waals surface area contributed by atoms with Crippen molar-refractivity contribution in [1.82, 2.24) is 5.32 Å². The maximum absolute atomic E-state index is 12.6. The Morgan fingerprint density at radius 3 is 0.835 bits per heavy atom. The molecule has 2 unspecified atom stereocenters. The first-order valence-electron chi connectivity index (χ1n) is 39.1. The lowest BCUT2D eigenvalue weighted by Crippen LogP contribution is -2.45. The summed E-state index contributed by atoms with van der Waals surface area (Å²) < 4.78 is 5.50. The maximum Gasteiger partial charge on any atom is 0.305 e. The second-order valence-electron chi connectivity index (χ2n) is 27.0. The summed E-state index contributed by atoms with van der Waals surface area (Å²) in [6.45, 7) is 5.00. The summed E-state index contributed by atoms with van der Waals surface area (Å²) in [5.74, 6) is -0.0214. The number of carbonyl (C=O) groups excluding carboxylic acids is 2. The fourth-order valence-electron chi connectivity index (χ4n) is 12.5. The number of hydrogen-bond acceptors (Lipinski definition) is 5. The highest BCUT2D eigenvalue weighted by Crippen LogP contribution is 2.20. The standard InChI is InChI=1S/C79H153NO5/c1-3-5-7-9-11-13-15-17-19-21-22-23-24-28-31-34-37-40-43-47-51-55-59-63-67-71-77(82)76(75-81)80-78(83)72-68-64-60-56-52-48-44-41-38-35-32-29-26-25-27-30-33-36-39-42-46-50-54-58-62-66-70-74-85-79(84)73-69-65-61-57-53-49-45-20-18-16-14-12-10-8-6-4-2/h20,25-26,45,76-77,81-82H,3-19,21-24,27-44,46-75H2,1-2H3,(H,80,83)/b26-25-,45-20-. The fourth-order valence-corrected chi connectivity index (χ4v) is 12.5. The number of carbonyl (C=O) groups is 2. The molecule has 1 amide bonds. The van der Waals surface area contributed by atoms with Gasteiger partial charge >= 0.3 is 5.97 Å². The molecule has 0 aliphatic rings. The van der Waals surface area contributed by atoms with Crippen molar-refractivity contribution in [1.29, 1.82) is 0 Å². The molecule has 0 saturated heterocycles. The summed E-state index contributed by atoms with van der Waals surface area (Å²) in [7, 11) is 0. The molecule has 85 heavy (non-hydrogen) atoms. The van der Waals surface area contributed by atoms with Crippen LogP contribution < -0.4 is 5.32 Å². The first kappa shape index (κ1) is 83.3. The van der Waals surface area contributed by atoms with E-state index in [1.54, 1.807) is 0 Å². The van der Waals surface area contributed by atoms with Gasteiger partial charge in [-0.05, 0) is 77.0 Å². The van der Waals surface area contributed by atoms with Gasteiger partial charge in [0.1, 0.15) is 0 Å². The van der Waals surface area contributed by atoms with Gasteiger partial charge in [-0.15, -0.1) is 0 Å². The summed E-state index contributed by atoms with van der Waals surface area (Å²) >= 11 is 0. The van der Waals surface area contributed by atoms with Crippen molar-refractivity contribution in [2.45, 2.75) is 456 Å². The van der Waals surface area contributed by atoms with E-state index in [1.165, 1.54) is 366 Å². The molecule has 6 nitrogen and oxygen atoms in total. The molecule has 0 bridgehead atoms. The highest BCUT2D eigenvalue weighted by molar-refractivity contribution is 5.76. The van der Waals surface area contributed by atoms with Crippen molar-refractivity contribution >= 4 is 11.9 Å². The third kappa shape index (κ3) is 71.3. The van der Waals surface area contributed by atoms with Gasteiger partial charge in [-0.3, -0.25) is 9.59 Å². The largest absolute Gasteiger partial charge is 0.466 e. The highest BCUT2D eigenvalue weighted by atomic mass is 16.5. The Morgan fingerprint density at radius 1 is 0.318 bits per heavy atom. The Bertz CT molecular complexity index is 1330. The number of nitrogens with one attached hydrogen (secondary N) is 1. The Kier molecular flexibility index (Phi) is 73.3. The maximum atomic E-state index is 12.6. The van der Waals surface area contributed by atoms with Crippen LogP contribution in [-0.2, 0) is 14.3 Å². The number of aliphatic hydroxyl groups is 2. The van der Waals surface area contributed by atoms with Crippen LogP contribution in [0, 0.1) is 0 Å². The summed E-state index contributed by atoms with van der Waals surface area (Å²) in [6.07, 6.45) is 95.4. The van der Waals surface area contributed by atoms with Crippen molar-refractivity contribution in [2.24, 2.45) is 0 Å². The van der Waals surface area contributed by atoms with E-state index in [1.807, 2.05) is 0 Å². The van der Waals surface area contributed by atoms with E-state index in [4.69, 9.17) is 4.74 Å². The van der Waals surface area contributed by atoms with Gasteiger partial charge in [0.05, 0.1) is 25.4 Å². The van der Waals surface area contributed by atoms with Crippen LogP contribution in [0.5, 0.6) is 0 Å². The minimum atomic E-state index is -0.667. The van der Waals surface area contributed by atoms with Crippen LogP contribution in [0.3, 0.4) is 0 Å². The smallest absolute Gasteiger partial charge is 0.305 e. The van der Waals surface area contributed by atoms with Crippen LogP contribution in [0.2, 0.25) is 0 Å². The van der Waals surface area contributed by atoms with Crippen LogP contribution in [0.15, 0.2) is 24.3 Å². The molecule has 0 saturated carbocycles. The summed E-state index contributed by atoms with van der Waals surface area (Å²) in [6, 6.07) is -0.544.